The van der Waals surface area contributed by atoms with Crippen LogP contribution in [0, 0.1) is 5.82 Å². The van der Waals surface area contributed by atoms with Crippen molar-refractivity contribution in [1.29, 1.82) is 0 Å². The van der Waals surface area contributed by atoms with E-state index in [4.69, 9.17) is 0 Å². The number of halogens is 2. The minimum Gasteiger partial charge on any atom is -0.357 e. The van der Waals surface area contributed by atoms with E-state index >= 15 is 0 Å². The molecule has 6 nitrogen and oxygen atoms in total. The van der Waals surface area contributed by atoms with Gasteiger partial charge in [0.2, 0.25) is 0 Å². The average Bonchev–Trinajstić information content (AvgIpc) is 3.02. The van der Waals surface area contributed by atoms with E-state index in [1.165, 1.54) is 6.07 Å². The molecule has 0 amide bonds. The fourth-order valence-electron chi connectivity index (χ4n) is 2.37. The molecule has 0 unspecified atom stereocenters. The first-order chi connectivity index (χ1) is 11.7. The molecule has 1 heterocycles. The van der Waals surface area contributed by atoms with Gasteiger partial charge in [-0.05, 0) is 31.0 Å². The summed E-state index contributed by atoms with van der Waals surface area (Å²) < 4.78 is 15.2. The molecule has 0 atom stereocenters. The Labute approximate surface area is 165 Å². The Morgan fingerprint density at radius 2 is 2.12 bits per heavy atom. The second kappa shape index (κ2) is 11.8. The van der Waals surface area contributed by atoms with Gasteiger partial charge in [-0.2, -0.15) is 0 Å². The number of aryl methyl sites for hydroxylation is 1. The summed E-state index contributed by atoms with van der Waals surface area (Å²) in [5, 5.41) is 14.5. The summed E-state index contributed by atoms with van der Waals surface area (Å²) in [5.74, 6) is 1.53. The van der Waals surface area contributed by atoms with Crippen molar-refractivity contribution in [2.45, 2.75) is 33.2 Å². The molecule has 2 N–H and O–H groups in total. The summed E-state index contributed by atoms with van der Waals surface area (Å²) in [7, 11) is 0. The monoisotopic (exact) mass is 460 g/mol. The highest BCUT2D eigenvalue weighted by atomic mass is 127. The molecule has 8 heteroatoms. The molecule has 138 valence electrons. The Bertz CT molecular complexity index is 658. The predicted octanol–water partition coefficient (Wildman–Crippen LogP) is 2.40. The number of benzene rings is 1. The van der Waals surface area contributed by atoms with Gasteiger partial charge in [0.15, 0.2) is 5.96 Å². The minimum atomic E-state index is -0.206. The number of aromatic nitrogens is 3. The van der Waals surface area contributed by atoms with Crippen LogP contribution >= 0.6 is 24.0 Å². The van der Waals surface area contributed by atoms with Crippen molar-refractivity contribution < 1.29 is 4.39 Å². The summed E-state index contributed by atoms with van der Waals surface area (Å²) in [4.78, 5) is 4.53. The highest BCUT2D eigenvalue weighted by Gasteiger charge is 2.02. The molecule has 0 saturated carbocycles. The van der Waals surface area contributed by atoms with Crippen LogP contribution in [0.5, 0.6) is 0 Å². The number of hydrogen-bond donors (Lipinski definition) is 2. The first kappa shape index (κ1) is 21.3. The van der Waals surface area contributed by atoms with Gasteiger partial charge in [-0.3, -0.25) is 4.99 Å². The van der Waals surface area contributed by atoms with Gasteiger partial charge in [0.1, 0.15) is 18.0 Å². The van der Waals surface area contributed by atoms with E-state index in [1.54, 1.807) is 18.5 Å². The van der Waals surface area contributed by atoms with Crippen LogP contribution in [0.1, 0.15) is 25.2 Å². The molecule has 1 aromatic carbocycles. The van der Waals surface area contributed by atoms with Gasteiger partial charge in [0, 0.05) is 32.6 Å². The normalized spacial score (nSPS) is 11.1. The highest BCUT2D eigenvalue weighted by molar-refractivity contribution is 14.0. The molecule has 0 aliphatic carbocycles. The molecule has 0 aliphatic rings. The van der Waals surface area contributed by atoms with Crippen molar-refractivity contribution in [1.82, 2.24) is 25.4 Å². The zero-order chi connectivity index (χ0) is 17.2. The fraction of sp³-hybridized carbons (Fsp3) is 0.471. The number of hydrogen-bond acceptors (Lipinski definition) is 3. The summed E-state index contributed by atoms with van der Waals surface area (Å²) in [5.41, 5.74) is 0.951. The first-order valence-electron chi connectivity index (χ1n) is 8.36. The smallest absolute Gasteiger partial charge is 0.191 e. The number of guanidine groups is 1. The Kier molecular flexibility index (Phi) is 10.0. The van der Waals surface area contributed by atoms with Crippen LogP contribution in [-0.2, 0) is 19.4 Å². The molecule has 2 rings (SSSR count). The molecule has 0 fully saturated rings. The molecular formula is C17H26FIN6. The Hall–Kier alpha value is -1.71. The second-order valence-electron chi connectivity index (χ2n) is 5.36. The number of nitrogens with one attached hydrogen (secondary N) is 2. The zero-order valence-electron chi connectivity index (χ0n) is 14.7. The molecule has 0 radical (unpaired) electrons. The molecule has 0 spiro atoms. The summed E-state index contributed by atoms with van der Waals surface area (Å²) in [6.07, 6.45) is 3.32. The fourth-order valence-corrected chi connectivity index (χ4v) is 2.37. The Morgan fingerprint density at radius 1 is 1.28 bits per heavy atom. The lowest BCUT2D eigenvalue weighted by atomic mass is 10.1. The van der Waals surface area contributed by atoms with Gasteiger partial charge in [-0.1, -0.05) is 19.1 Å². The van der Waals surface area contributed by atoms with E-state index in [-0.39, 0.29) is 29.8 Å². The van der Waals surface area contributed by atoms with Crippen molar-refractivity contribution in [3.05, 3.63) is 47.8 Å². The third-order valence-electron chi connectivity index (χ3n) is 3.56. The Balaban J connectivity index is 0.00000312. The van der Waals surface area contributed by atoms with E-state index in [1.807, 2.05) is 17.6 Å². The van der Waals surface area contributed by atoms with Crippen LogP contribution in [0.2, 0.25) is 0 Å². The van der Waals surface area contributed by atoms with Crippen LogP contribution in [0.15, 0.2) is 35.6 Å². The van der Waals surface area contributed by atoms with Gasteiger partial charge < -0.3 is 15.2 Å². The maximum absolute atomic E-state index is 13.2. The van der Waals surface area contributed by atoms with E-state index in [2.05, 4.69) is 32.7 Å². The van der Waals surface area contributed by atoms with Crippen LogP contribution in [0.4, 0.5) is 4.39 Å². The molecule has 2 aromatic rings. The number of nitrogens with zero attached hydrogens (tertiary/aromatic N) is 4. The maximum atomic E-state index is 13.2. The van der Waals surface area contributed by atoms with Crippen molar-refractivity contribution in [3.8, 4) is 0 Å². The van der Waals surface area contributed by atoms with Crippen molar-refractivity contribution in [2.75, 3.05) is 19.6 Å². The van der Waals surface area contributed by atoms with Gasteiger partial charge in [0.05, 0.1) is 0 Å². The van der Waals surface area contributed by atoms with E-state index < -0.39 is 0 Å². The first-order valence-corrected chi connectivity index (χ1v) is 8.36. The quantitative estimate of drug-likeness (QED) is 0.361. The average molecular weight is 460 g/mol. The molecule has 0 saturated heterocycles. The van der Waals surface area contributed by atoms with E-state index in [9.17, 15) is 4.39 Å². The summed E-state index contributed by atoms with van der Waals surface area (Å²) >= 11 is 0. The van der Waals surface area contributed by atoms with Crippen molar-refractivity contribution >= 4 is 29.9 Å². The third-order valence-corrected chi connectivity index (χ3v) is 3.56. The van der Waals surface area contributed by atoms with Crippen LogP contribution in [0.25, 0.3) is 0 Å². The number of rotatable bonds is 8. The lowest BCUT2D eigenvalue weighted by Gasteiger charge is -2.12. The van der Waals surface area contributed by atoms with E-state index in [0.29, 0.717) is 13.0 Å². The zero-order valence-corrected chi connectivity index (χ0v) is 17.0. The van der Waals surface area contributed by atoms with Gasteiger partial charge in [-0.25, -0.2) is 4.39 Å². The van der Waals surface area contributed by atoms with Crippen LogP contribution < -0.4 is 10.6 Å². The molecule has 1 aromatic heterocycles. The second-order valence-corrected chi connectivity index (χ2v) is 5.36. The van der Waals surface area contributed by atoms with Gasteiger partial charge in [-0.15, -0.1) is 34.2 Å². The van der Waals surface area contributed by atoms with Gasteiger partial charge in [0.25, 0.3) is 0 Å². The molecule has 0 aliphatic heterocycles. The van der Waals surface area contributed by atoms with Crippen molar-refractivity contribution in [3.63, 3.8) is 0 Å². The van der Waals surface area contributed by atoms with Crippen molar-refractivity contribution in [2.24, 2.45) is 4.99 Å². The SMILES string of the molecule is CCNC(=NCCc1cccc(F)c1)NCCn1cnnc1CC.I. The van der Waals surface area contributed by atoms with Crippen LogP contribution in [0.3, 0.4) is 0 Å². The third kappa shape index (κ3) is 7.37. The van der Waals surface area contributed by atoms with Gasteiger partial charge >= 0.3 is 0 Å². The molecular weight excluding hydrogens is 434 g/mol. The van der Waals surface area contributed by atoms with E-state index in [0.717, 1.165) is 43.4 Å². The lowest BCUT2D eigenvalue weighted by Crippen LogP contribution is -2.39. The topological polar surface area (TPSA) is 67.1 Å². The standard InChI is InChI=1S/C17H25FN6.HI/c1-3-16-23-22-13-24(16)11-10-21-17(19-4-2)20-9-8-14-6-5-7-15(18)12-14;/h5-7,12-13H,3-4,8-11H2,1-2H3,(H2,19,20,21);1H. The minimum absolute atomic E-state index is 0. The molecule has 0 bridgehead atoms. The maximum Gasteiger partial charge on any atom is 0.191 e. The summed E-state index contributed by atoms with van der Waals surface area (Å²) in [6.45, 7) is 7.00. The van der Waals surface area contributed by atoms with Crippen LogP contribution in [-0.4, -0.2) is 40.4 Å². The lowest BCUT2D eigenvalue weighted by molar-refractivity contribution is 0.625. The molecule has 25 heavy (non-hydrogen) atoms. The Morgan fingerprint density at radius 3 is 2.84 bits per heavy atom. The number of aliphatic imine (C=N–C) groups is 1. The summed E-state index contributed by atoms with van der Waals surface area (Å²) in [6, 6.07) is 6.64. The highest BCUT2D eigenvalue weighted by Crippen LogP contribution is 2.04. The largest absolute Gasteiger partial charge is 0.357 e. The predicted molar refractivity (Wildman–Crippen MR) is 109 cm³/mol.